The predicted molar refractivity (Wildman–Crippen MR) is 56.7 cm³/mol. The molecule has 0 heterocycles. The topological polar surface area (TPSA) is 24.4 Å². The maximum Gasteiger partial charge on any atom is 0.0579 e. The Labute approximate surface area is 79.7 Å². The molecule has 0 saturated carbocycles. The van der Waals surface area contributed by atoms with Gasteiger partial charge in [-0.25, -0.2) is 0 Å². The Balaban J connectivity index is 2.20. The van der Waals surface area contributed by atoms with E-state index < -0.39 is 0 Å². The lowest BCUT2D eigenvalue weighted by Gasteiger charge is -1.99. The Kier molecular flexibility index (Phi) is 4.69. The molecule has 2 nitrogen and oxygen atoms in total. The highest BCUT2D eigenvalue weighted by molar-refractivity contribution is 5.56. The quantitative estimate of drug-likeness (QED) is 0.541. The van der Waals surface area contributed by atoms with Gasteiger partial charge in [-0.2, -0.15) is 5.10 Å². The van der Waals surface area contributed by atoms with Gasteiger partial charge in [-0.1, -0.05) is 43.7 Å². The van der Waals surface area contributed by atoms with E-state index >= 15 is 0 Å². The summed E-state index contributed by atoms with van der Waals surface area (Å²) in [5.41, 5.74) is 4.27. The molecule has 0 radical (unpaired) electrons. The van der Waals surface area contributed by atoms with Crippen molar-refractivity contribution < 1.29 is 0 Å². The third-order valence-corrected chi connectivity index (χ3v) is 1.73. The summed E-state index contributed by atoms with van der Waals surface area (Å²) in [6.45, 7) is 2.95. The maximum absolute atomic E-state index is 4.08. The van der Waals surface area contributed by atoms with Crippen molar-refractivity contribution in [1.82, 2.24) is 5.43 Å². The Bertz CT molecular complexity index is 242. The highest BCUT2D eigenvalue weighted by atomic mass is 15.3. The maximum atomic E-state index is 4.08. The van der Waals surface area contributed by atoms with E-state index in [0.29, 0.717) is 0 Å². The monoisotopic (exact) mass is 176 g/mol. The molecule has 0 aliphatic rings. The number of hydrogen-bond donors (Lipinski definition) is 1. The van der Waals surface area contributed by atoms with Crippen molar-refractivity contribution in [1.29, 1.82) is 0 Å². The normalized spacial score (nSPS) is 10.5. The first-order valence-electron chi connectivity index (χ1n) is 4.71. The van der Waals surface area contributed by atoms with Crippen molar-refractivity contribution in [2.75, 3.05) is 0 Å². The molecule has 0 aliphatic carbocycles. The average molecular weight is 176 g/mol. The average Bonchev–Trinajstić information content (AvgIpc) is 2.19. The number of hydrazone groups is 1. The van der Waals surface area contributed by atoms with Crippen LogP contribution in [0.15, 0.2) is 35.4 Å². The highest BCUT2D eigenvalue weighted by Crippen LogP contribution is 1.96. The van der Waals surface area contributed by atoms with Gasteiger partial charge < -0.3 is 5.43 Å². The van der Waals surface area contributed by atoms with Crippen LogP contribution in [0.3, 0.4) is 0 Å². The van der Waals surface area contributed by atoms with Crippen LogP contribution < -0.4 is 5.43 Å². The number of rotatable bonds is 5. The first kappa shape index (κ1) is 9.78. The fourth-order valence-corrected chi connectivity index (χ4v) is 0.991. The fraction of sp³-hybridized carbons (Fsp3) is 0.364. The Hall–Kier alpha value is -1.31. The molecule has 70 valence electrons. The number of nitrogens with zero attached hydrogens (tertiary/aromatic N) is 1. The largest absolute Gasteiger partial charge is 0.306 e. The van der Waals surface area contributed by atoms with Crippen molar-refractivity contribution in [2.45, 2.75) is 26.3 Å². The van der Waals surface area contributed by atoms with Crippen LogP contribution in [-0.4, -0.2) is 6.21 Å². The van der Waals surface area contributed by atoms with Crippen LogP contribution in [0.5, 0.6) is 0 Å². The Morgan fingerprint density at radius 3 is 2.77 bits per heavy atom. The summed E-state index contributed by atoms with van der Waals surface area (Å²) in [7, 11) is 0. The van der Waals surface area contributed by atoms with Crippen LogP contribution in [0.4, 0.5) is 0 Å². The summed E-state index contributed by atoms with van der Waals surface area (Å²) < 4.78 is 0. The lowest BCUT2D eigenvalue weighted by molar-refractivity contribution is 0.743. The summed E-state index contributed by atoms with van der Waals surface area (Å²) in [5, 5.41) is 4.08. The van der Waals surface area contributed by atoms with Crippen LogP contribution in [0, 0.1) is 0 Å². The van der Waals surface area contributed by atoms with Crippen LogP contribution >= 0.6 is 0 Å². The second-order valence-electron chi connectivity index (χ2n) is 2.92. The van der Waals surface area contributed by atoms with Crippen molar-refractivity contribution in [3.05, 3.63) is 35.9 Å². The van der Waals surface area contributed by atoms with Gasteiger partial charge in [0.1, 0.15) is 0 Å². The summed E-state index contributed by atoms with van der Waals surface area (Å²) in [6.07, 6.45) is 4.11. The summed E-state index contributed by atoms with van der Waals surface area (Å²) in [5.74, 6) is 0. The predicted octanol–water partition coefficient (Wildman–Crippen LogP) is 2.56. The van der Waals surface area contributed by atoms with Gasteiger partial charge in [0.05, 0.1) is 6.54 Å². The first-order valence-corrected chi connectivity index (χ1v) is 4.71. The van der Waals surface area contributed by atoms with Gasteiger partial charge in [-0.05, 0) is 12.0 Å². The van der Waals surface area contributed by atoms with Crippen LogP contribution in [-0.2, 0) is 6.54 Å². The van der Waals surface area contributed by atoms with Crippen molar-refractivity contribution >= 4 is 6.21 Å². The SMILES string of the molecule is CCC/C=N/NCc1ccccc1. The molecule has 1 rings (SSSR count). The third kappa shape index (κ3) is 4.31. The van der Waals surface area contributed by atoms with Gasteiger partial charge in [0.15, 0.2) is 0 Å². The molecule has 2 heteroatoms. The molecule has 0 aliphatic heterocycles. The minimum atomic E-state index is 0.807. The Morgan fingerprint density at radius 2 is 2.08 bits per heavy atom. The van der Waals surface area contributed by atoms with Gasteiger partial charge >= 0.3 is 0 Å². The van der Waals surface area contributed by atoms with E-state index in [1.54, 1.807) is 0 Å². The molecule has 1 aromatic rings. The van der Waals surface area contributed by atoms with Gasteiger partial charge in [0.25, 0.3) is 0 Å². The van der Waals surface area contributed by atoms with E-state index in [4.69, 9.17) is 0 Å². The zero-order valence-corrected chi connectivity index (χ0v) is 8.03. The second-order valence-corrected chi connectivity index (χ2v) is 2.92. The zero-order chi connectivity index (χ0) is 9.36. The molecular formula is C11H16N2. The van der Waals surface area contributed by atoms with Crippen LogP contribution in [0.25, 0.3) is 0 Å². The zero-order valence-electron chi connectivity index (χ0n) is 8.03. The number of hydrogen-bond acceptors (Lipinski definition) is 2. The molecule has 0 fully saturated rings. The molecule has 13 heavy (non-hydrogen) atoms. The minimum Gasteiger partial charge on any atom is -0.306 e. The lowest BCUT2D eigenvalue weighted by Crippen LogP contribution is -2.04. The van der Waals surface area contributed by atoms with Gasteiger partial charge in [-0.15, -0.1) is 0 Å². The van der Waals surface area contributed by atoms with Crippen LogP contribution in [0.2, 0.25) is 0 Å². The van der Waals surface area contributed by atoms with E-state index in [0.717, 1.165) is 19.4 Å². The van der Waals surface area contributed by atoms with E-state index in [9.17, 15) is 0 Å². The standard InChI is InChI=1S/C11H16N2/c1-2-3-9-12-13-10-11-7-5-4-6-8-11/h4-9,13H,2-3,10H2,1H3/b12-9+. The van der Waals surface area contributed by atoms with Crippen molar-refractivity contribution in [3.63, 3.8) is 0 Å². The van der Waals surface area contributed by atoms with E-state index in [2.05, 4.69) is 29.6 Å². The fourth-order valence-electron chi connectivity index (χ4n) is 0.991. The molecule has 0 unspecified atom stereocenters. The second kappa shape index (κ2) is 6.23. The summed E-state index contributed by atoms with van der Waals surface area (Å²) in [4.78, 5) is 0. The van der Waals surface area contributed by atoms with E-state index in [-0.39, 0.29) is 0 Å². The summed E-state index contributed by atoms with van der Waals surface area (Å²) in [6, 6.07) is 10.3. The van der Waals surface area contributed by atoms with Crippen LogP contribution in [0.1, 0.15) is 25.3 Å². The van der Waals surface area contributed by atoms with Gasteiger partial charge in [-0.3, -0.25) is 0 Å². The lowest BCUT2D eigenvalue weighted by atomic mass is 10.2. The minimum absolute atomic E-state index is 0.807. The number of nitrogens with one attached hydrogen (secondary N) is 1. The number of unbranched alkanes of at least 4 members (excludes halogenated alkanes) is 1. The van der Waals surface area contributed by atoms with E-state index in [1.807, 2.05) is 24.4 Å². The molecule has 0 bridgehead atoms. The highest BCUT2D eigenvalue weighted by Gasteiger charge is 1.86. The Morgan fingerprint density at radius 1 is 1.31 bits per heavy atom. The first-order chi connectivity index (χ1) is 6.43. The molecule has 1 aromatic carbocycles. The van der Waals surface area contributed by atoms with Gasteiger partial charge in [0, 0.05) is 6.21 Å². The molecule has 0 spiro atoms. The molecule has 0 amide bonds. The van der Waals surface area contributed by atoms with E-state index in [1.165, 1.54) is 5.56 Å². The third-order valence-electron chi connectivity index (χ3n) is 1.73. The summed E-state index contributed by atoms with van der Waals surface area (Å²) >= 11 is 0. The molecule has 0 aromatic heterocycles. The molecular weight excluding hydrogens is 160 g/mol. The molecule has 0 atom stereocenters. The smallest absolute Gasteiger partial charge is 0.0579 e. The molecule has 0 saturated heterocycles. The van der Waals surface area contributed by atoms with Crippen molar-refractivity contribution in [3.8, 4) is 0 Å². The van der Waals surface area contributed by atoms with Crippen molar-refractivity contribution in [2.24, 2.45) is 5.10 Å². The van der Waals surface area contributed by atoms with Gasteiger partial charge in [0.2, 0.25) is 0 Å². The molecule has 1 N–H and O–H groups in total. The number of benzene rings is 1.